The molecule has 0 aromatic heterocycles. The number of carbonyl (C=O) groups excluding carboxylic acids is 1. The van der Waals surface area contributed by atoms with Gasteiger partial charge in [0.1, 0.15) is 0 Å². The highest BCUT2D eigenvalue weighted by Gasteiger charge is 2.46. The molecule has 1 aliphatic carbocycles. The molecule has 2 heteroatoms. The molecule has 0 bridgehead atoms. The van der Waals surface area contributed by atoms with Crippen molar-refractivity contribution in [2.75, 3.05) is 0 Å². The summed E-state index contributed by atoms with van der Waals surface area (Å²) >= 11 is 0. The van der Waals surface area contributed by atoms with Gasteiger partial charge >= 0.3 is 0 Å². The third kappa shape index (κ3) is 1.13. The van der Waals surface area contributed by atoms with Crippen LogP contribution in [0.1, 0.15) is 26.7 Å². The lowest BCUT2D eigenvalue weighted by molar-refractivity contribution is -0.124. The Morgan fingerprint density at radius 2 is 2.00 bits per heavy atom. The molecule has 0 unspecified atom stereocenters. The number of hydrogen-bond donors (Lipinski definition) is 1. The van der Waals surface area contributed by atoms with Gasteiger partial charge in [-0.25, -0.2) is 0 Å². The molecule has 0 heterocycles. The first-order valence-corrected chi connectivity index (χ1v) is 3.39. The van der Waals surface area contributed by atoms with Crippen LogP contribution in [0.15, 0.2) is 0 Å². The largest absolute Gasteiger partial charge is 0.319 e. The molecular formula is C7H13NO. The van der Waals surface area contributed by atoms with Crippen LogP contribution in [0.2, 0.25) is 0 Å². The SMILES string of the molecule is CC(C)C(=O)C1(N)CC1. The highest BCUT2D eigenvalue weighted by atomic mass is 16.1. The van der Waals surface area contributed by atoms with Gasteiger partial charge in [-0.3, -0.25) is 4.79 Å². The molecule has 0 aliphatic heterocycles. The van der Waals surface area contributed by atoms with Gasteiger partial charge in [-0.15, -0.1) is 0 Å². The lowest BCUT2D eigenvalue weighted by Gasteiger charge is -2.08. The van der Waals surface area contributed by atoms with Crippen LogP contribution in [0.5, 0.6) is 0 Å². The predicted octanol–water partition coefficient (Wildman–Crippen LogP) is 0.703. The number of rotatable bonds is 2. The average Bonchev–Trinajstić information content (AvgIpc) is 2.47. The van der Waals surface area contributed by atoms with E-state index in [2.05, 4.69) is 0 Å². The minimum atomic E-state index is -0.409. The molecule has 0 aromatic rings. The Balaban J connectivity index is 2.53. The van der Waals surface area contributed by atoms with Crippen LogP contribution >= 0.6 is 0 Å². The molecule has 0 amide bonds. The smallest absolute Gasteiger partial charge is 0.155 e. The number of nitrogens with two attached hydrogens (primary N) is 1. The van der Waals surface area contributed by atoms with Crippen LogP contribution in [-0.4, -0.2) is 11.3 Å². The van der Waals surface area contributed by atoms with Gasteiger partial charge in [-0.05, 0) is 12.8 Å². The highest BCUT2D eigenvalue weighted by Crippen LogP contribution is 2.35. The van der Waals surface area contributed by atoms with E-state index in [0.717, 1.165) is 12.8 Å². The van der Waals surface area contributed by atoms with Crippen molar-refractivity contribution in [3.8, 4) is 0 Å². The van der Waals surface area contributed by atoms with E-state index >= 15 is 0 Å². The molecule has 0 saturated heterocycles. The quantitative estimate of drug-likeness (QED) is 0.593. The zero-order chi connectivity index (χ0) is 7.07. The average molecular weight is 127 g/mol. The lowest BCUT2D eigenvalue weighted by Crippen LogP contribution is -2.35. The summed E-state index contributed by atoms with van der Waals surface area (Å²) in [4.78, 5) is 11.1. The van der Waals surface area contributed by atoms with Crippen LogP contribution in [0.25, 0.3) is 0 Å². The summed E-state index contributed by atoms with van der Waals surface area (Å²) in [5.41, 5.74) is 5.23. The molecule has 0 radical (unpaired) electrons. The van der Waals surface area contributed by atoms with E-state index in [9.17, 15) is 4.79 Å². The Hall–Kier alpha value is -0.370. The fourth-order valence-electron chi connectivity index (χ4n) is 0.956. The Morgan fingerprint density at radius 3 is 2.11 bits per heavy atom. The van der Waals surface area contributed by atoms with Gasteiger partial charge in [-0.2, -0.15) is 0 Å². The van der Waals surface area contributed by atoms with E-state index in [1.807, 2.05) is 13.8 Å². The second-order valence-electron chi connectivity index (χ2n) is 3.18. The van der Waals surface area contributed by atoms with Gasteiger partial charge in [0.05, 0.1) is 5.54 Å². The molecule has 0 spiro atoms. The molecular weight excluding hydrogens is 114 g/mol. The van der Waals surface area contributed by atoms with Gasteiger partial charge in [0.25, 0.3) is 0 Å². The number of carbonyl (C=O) groups is 1. The summed E-state index contributed by atoms with van der Waals surface area (Å²) in [6, 6.07) is 0. The van der Waals surface area contributed by atoms with Crippen molar-refractivity contribution in [2.45, 2.75) is 32.2 Å². The minimum absolute atomic E-state index is 0.109. The third-order valence-corrected chi connectivity index (χ3v) is 1.80. The zero-order valence-corrected chi connectivity index (χ0v) is 5.98. The summed E-state index contributed by atoms with van der Waals surface area (Å²) in [5.74, 6) is 0.333. The van der Waals surface area contributed by atoms with E-state index in [-0.39, 0.29) is 11.7 Å². The Kier molecular flexibility index (Phi) is 1.35. The fourth-order valence-corrected chi connectivity index (χ4v) is 0.956. The second-order valence-corrected chi connectivity index (χ2v) is 3.18. The Morgan fingerprint density at radius 1 is 1.56 bits per heavy atom. The van der Waals surface area contributed by atoms with E-state index in [1.165, 1.54) is 0 Å². The van der Waals surface area contributed by atoms with Gasteiger partial charge in [-0.1, -0.05) is 13.8 Å². The van der Waals surface area contributed by atoms with Gasteiger partial charge in [0, 0.05) is 5.92 Å². The van der Waals surface area contributed by atoms with E-state index in [0.29, 0.717) is 0 Å². The maximum atomic E-state index is 11.1. The van der Waals surface area contributed by atoms with Crippen LogP contribution in [0.3, 0.4) is 0 Å². The molecule has 1 aliphatic rings. The van der Waals surface area contributed by atoms with E-state index in [1.54, 1.807) is 0 Å². The molecule has 1 fully saturated rings. The maximum absolute atomic E-state index is 11.1. The summed E-state index contributed by atoms with van der Waals surface area (Å²) in [7, 11) is 0. The van der Waals surface area contributed by atoms with Crippen LogP contribution < -0.4 is 5.73 Å². The standard InChI is InChI=1S/C7H13NO/c1-5(2)6(9)7(8)3-4-7/h5H,3-4,8H2,1-2H3. The van der Waals surface area contributed by atoms with Crippen molar-refractivity contribution in [1.29, 1.82) is 0 Å². The van der Waals surface area contributed by atoms with Crippen molar-refractivity contribution < 1.29 is 4.79 Å². The van der Waals surface area contributed by atoms with Crippen molar-refractivity contribution >= 4 is 5.78 Å². The summed E-state index contributed by atoms with van der Waals surface area (Å²) in [6.45, 7) is 3.80. The number of ketones is 1. The minimum Gasteiger partial charge on any atom is -0.319 e. The van der Waals surface area contributed by atoms with E-state index < -0.39 is 5.54 Å². The molecule has 2 nitrogen and oxygen atoms in total. The molecule has 1 rings (SSSR count). The Bertz CT molecular complexity index is 136. The first-order valence-electron chi connectivity index (χ1n) is 3.39. The van der Waals surface area contributed by atoms with Crippen LogP contribution in [-0.2, 0) is 4.79 Å². The molecule has 52 valence electrons. The van der Waals surface area contributed by atoms with Gasteiger partial charge in [0.2, 0.25) is 0 Å². The fraction of sp³-hybridized carbons (Fsp3) is 0.857. The molecule has 1 saturated carbocycles. The van der Waals surface area contributed by atoms with Gasteiger partial charge in [0.15, 0.2) is 5.78 Å². The summed E-state index contributed by atoms with van der Waals surface area (Å²) in [6.07, 6.45) is 1.79. The first-order chi connectivity index (χ1) is 4.06. The van der Waals surface area contributed by atoms with Crippen LogP contribution in [0, 0.1) is 5.92 Å². The maximum Gasteiger partial charge on any atom is 0.155 e. The molecule has 2 N–H and O–H groups in total. The highest BCUT2D eigenvalue weighted by molar-refractivity contribution is 5.92. The molecule has 9 heavy (non-hydrogen) atoms. The van der Waals surface area contributed by atoms with Gasteiger partial charge < -0.3 is 5.73 Å². The topological polar surface area (TPSA) is 43.1 Å². The lowest BCUT2D eigenvalue weighted by atomic mass is 10.0. The molecule has 0 aromatic carbocycles. The normalized spacial score (nSPS) is 22.2. The number of Topliss-reactive ketones (excluding diaryl/α,β-unsaturated/α-hetero) is 1. The summed E-state index contributed by atoms with van der Waals surface area (Å²) in [5, 5.41) is 0. The van der Waals surface area contributed by atoms with Crippen molar-refractivity contribution in [3.63, 3.8) is 0 Å². The Labute approximate surface area is 55.4 Å². The van der Waals surface area contributed by atoms with Crippen LogP contribution in [0.4, 0.5) is 0 Å². The van der Waals surface area contributed by atoms with E-state index in [4.69, 9.17) is 5.73 Å². The third-order valence-electron chi connectivity index (χ3n) is 1.80. The van der Waals surface area contributed by atoms with Crippen molar-refractivity contribution in [1.82, 2.24) is 0 Å². The predicted molar refractivity (Wildman–Crippen MR) is 36.0 cm³/mol. The first kappa shape index (κ1) is 6.75. The monoisotopic (exact) mass is 127 g/mol. The molecule has 0 atom stereocenters. The van der Waals surface area contributed by atoms with Crippen molar-refractivity contribution in [3.05, 3.63) is 0 Å². The second kappa shape index (κ2) is 1.81. The van der Waals surface area contributed by atoms with Crippen molar-refractivity contribution in [2.24, 2.45) is 11.7 Å². The zero-order valence-electron chi connectivity index (χ0n) is 5.98. The number of hydrogen-bond acceptors (Lipinski definition) is 2. The summed E-state index contributed by atoms with van der Waals surface area (Å²) < 4.78 is 0.